The van der Waals surface area contributed by atoms with Crippen molar-refractivity contribution < 1.29 is 18.3 Å². The maximum absolute atomic E-state index is 11.0. The van der Waals surface area contributed by atoms with Crippen molar-refractivity contribution in [2.45, 2.75) is 24.0 Å². The minimum atomic E-state index is -2.09. The highest BCUT2D eigenvalue weighted by molar-refractivity contribution is 7.81. The Hall–Kier alpha value is -0.420. The highest BCUT2D eigenvalue weighted by Crippen LogP contribution is 2.37. The zero-order valence-electron chi connectivity index (χ0n) is 6.20. The van der Waals surface area contributed by atoms with Gasteiger partial charge >= 0.3 is 5.97 Å². The molecule has 0 aromatic heterocycles. The molecule has 5 heteroatoms. The number of rotatable bonds is 2. The molecule has 0 spiro atoms. The Bertz CT molecular complexity index is 197. The summed E-state index contributed by atoms with van der Waals surface area (Å²) < 4.78 is 22.8. The van der Waals surface area contributed by atoms with Gasteiger partial charge in [-0.1, -0.05) is 0 Å². The summed E-state index contributed by atoms with van der Waals surface area (Å²) in [6.45, 7) is 0. The van der Waals surface area contributed by atoms with Crippen LogP contribution < -0.4 is 0 Å². The number of carbonyl (C=O) groups is 1. The predicted molar refractivity (Wildman–Crippen MR) is 39.4 cm³/mol. The second kappa shape index (κ2) is 2.91. The van der Waals surface area contributed by atoms with Crippen LogP contribution in [0.5, 0.6) is 0 Å². The summed E-state index contributed by atoms with van der Waals surface area (Å²) in [6.07, 6.45) is 1.74. The highest BCUT2D eigenvalue weighted by atomic mass is 32.2. The zero-order valence-corrected chi connectivity index (χ0v) is 7.02. The lowest BCUT2D eigenvalue weighted by molar-refractivity contribution is -0.146. The fourth-order valence-electron chi connectivity index (χ4n) is 1.13. The average Bonchev–Trinajstić information content (AvgIpc) is 1.84. The van der Waals surface area contributed by atoms with E-state index in [2.05, 4.69) is 4.74 Å². The quantitative estimate of drug-likeness (QED) is 0.488. The van der Waals surface area contributed by atoms with Gasteiger partial charge in [0.15, 0.2) is 15.8 Å². The molecular weight excluding hydrogens is 168 g/mol. The van der Waals surface area contributed by atoms with Crippen LogP contribution in [0, 0.1) is 0 Å². The normalized spacial score (nSPS) is 23.5. The molecular formula is C6H10O4S. The van der Waals surface area contributed by atoms with Gasteiger partial charge in [0, 0.05) is 0 Å². The lowest BCUT2D eigenvalue weighted by Gasteiger charge is -2.34. The summed E-state index contributed by atoms with van der Waals surface area (Å²) in [5, 5.41) is 0. The van der Waals surface area contributed by atoms with Crippen molar-refractivity contribution in [1.82, 2.24) is 0 Å². The topological polar surface area (TPSA) is 63.6 Å². The molecule has 1 aliphatic rings. The van der Waals surface area contributed by atoms with E-state index >= 15 is 0 Å². The molecule has 0 radical (unpaired) electrons. The summed E-state index contributed by atoms with van der Waals surface area (Å²) in [7, 11) is 1.23. The van der Waals surface area contributed by atoms with E-state index in [4.69, 9.17) is 4.55 Å². The fourth-order valence-corrected chi connectivity index (χ4v) is 2.00. The molecule has 0 bridgehead atoms. The first kappa shape index (κ1) is 8.67. The van der Waals surface area contributed by atoms with Gasteiger partial charge in [-0.05, 0) is 19.3 Å². The van der Waals surface area contributed by atoms with Crippen LogP contribution in [0.4, 0.5) is 0 Å². The molecule has 0 aromatic rings. The maximum Gasteiger partial charge on any atom is 0.327 e. The monoisotopic (exact) mass is 178 g/mol. The Balaban J connectivity index is 2.75. The molecule has 0 aromatic carbocycles. The molecule has 1 unspecified atom stereocenters. The average molecular weight is 178 g/mol. The summed E-state index contributed by atoms with van der Waals surface area (Å²) in [6, 6.07) is 0. The van der Waals surface area contributed by atoms with Crippen LogP contribution in [0.2, 0.25) is 0 Å². The summed E-state index contributed by atoms with van der Waals surface area (Å²) >= 11 is -2.09. The van der Waals surface area contributed by atoms with E-state index < -0.39 is 21.8 Å². The van der Waals surface area contributed by atoms with Gasteiger partial charge in [-0.25, -0.2) is 4.21 Å². The number of ether oxygens (including phenoxy) is 1. The molecule has 64 valence electrons. The molecule has 1 N–H and O–H groups in total. The second-order valence-electron chi connectivity index (χ2n) is 2.59. The van der Waals surface area contributed by atoms with Gasteiger partial charge in [-0.2, -0.15) is 0 Å². The molecule has 1 saturated carbocycles. The van der Waals surface area contributed by atoms with E-state index in [1.165, 1.54) is 7.11 Å². The third-order valence-corrected chi connectivity index (χ3v) is 3.30. The molecule has 1 atom stereocenters. The van der Waals surface area contributed by atoms with Gasteiger partial charge in [-0.3, -0.25) is 4.79 Å². The van der Waals surface area contributed by atoms with Crippen LogP contribution in [0.15, 0.2) is 0 Å². The van der Waals surface area contributed by atoms with Crippen LogP contribution in [0.3, 0.4) is 0 Å². The van der Waals surface area contributed by atoms with Crippen LogP contribution in [0.1, 0.15) is 19.3 Å². The van der Waals surface area contributed by atoms with Gasteiger partial charge in [0.2, 0.25) is 0 Å². The number of methoxy groups -OCH3 is 1. The lowest BCUT2D eigenvalue weighted by Crippen LogP contribution is -2.49. The molecule has 1 aliphatic carbocycles. The molecule has 0 aliphatic heterocycles. The smallest absolute Gasteiger partial charge is 0.327 e. The van der Waals surface area contributed by atoms with Gasteiger partial charge in [0.05, 0.1) is 7.11 Å². The Morgan fingerprint density at radius 2 is 2.18 bits per heavy atom. The van der Waals surface area contributed by atoms with Crippen molar-refractivity contribution in [3.8, 4) is 0 Å². The molecule has 1 rings (SSSR count). The maximum atomic E-state index is 11.0. The van der Waals surface area contributed by atoms with Crippen molar-refractivity contribution in [2.24, 2.45) is 0 Å². The minimum Gasteiger partial charge on any atom is -0.468 e. The van der Waals surface area contributed by atoms with E-state index in [0.29, 0.717) is 12.8 Å². The number of carbonyl (C=O) groups excluding carboxylic acids is 1. The van der Waals surface area contributed by atoms with Crippen molar-refractivity contribution in [1.29, 1.82) is 0 Å². The van der Waals surface area contributed by atoms with E-state index in [9.17, 15) is 9.00 Å². The Kier molecular flexibility index (Phi) is 2.29. The SMILES string of the molecule is COC(=O)C1(S(=O)O)CCC1. The molecule has 0 heterocycles. The molecule has 4 nitrogen and oxygen atoms in total. The number of hydrogen-bond donors (Lipinski definition) is 1. The zero-order chi connectivity index (χ0) is 8.48. The largest absolute Gasteiger partial charge is 0.468 e. The van der Waals surface area contributed by atoms with E-state index in [1.807, 2.05) is 0 Å². The van der Waals surface area contributed by atoms with Gasteiger partial charge in [0.1, 0.15) is 0 Å². The van der Waals surface area contributed by atoms with Crippen LogP contribution in [-0.2, 0) is 20.6 Å². The first-order valence-electron chi connectivity index (χ1n) is 3.33. The third-order valence-electron chi connectivity index (χ3n) is 2.05. The first-order valence-corrected chi connectivity index (χ1v) is 4.43. The van der Waals surface area contributed by atoms with Crippen molar-refractivity contribution in [3.63, 3.8) is 0 Å². The van der Waals surface area contributed by atoms with Crippen molar-refractivity contribution in [2.75, 3.05) is 7.11 Å². The minimum absolute atomic E-state index is 0.461. The Morgan fingerprint density at radius 1 is 1.64 bits per heavy atom. The van der Waals surface area contributed by atoms with Crippen LogP contribution in [-0.4, -0.2) is 26.6 Å². The van der Waals surface area contributed by atoms with Crippen LogP contribution in [0.25, 0.3) is 0 Å². The molecule has 1 fully saturated rings. The Morgan fingerprint density at radius 3 is 2.27 bits per heavy atom. The standard InChI is InChI=1S/C6H10O4S/c1-10-5(7)6(11(8)9)3-2-4-6/h2-4H2,1H3,(H,8,9). The number of hydrogen-bond acceptors (Lipinski definition) is 3. The van der Waals surface area contributed by atoms with Gasteiger partial charge < -0.3 is 9.29 Å². The first-order chi connectivity index (χ1) is 5.13. The van der Waals surface area contributed by atoms with Crippen molar-refractivity contribution >= 4 is 17.0 Å². The number of esters is 1. The van der Waals surface area contributed by atoms with E-state index in [0.717, 1.165) is 6.42 Å². The van der Waals surface area contributed by atoms with Crippen molar-refractivity contribution in [3.05, 3.63) is 0 Å². The third kappa shape index (κ3) is 1.18. The predicted octanol–water partition coefficient (Wildman–Crippen LogP) is 0.304. The summed E-state index contributed by atoms with van der Waals surface area (Å²) in [4.78, 5) is 11.0. The Labute approximate surface area is 67.2 Å². The highest BCUT2D eigenvalue weighted by Gasteiger charge is 2.51. The molecule has 0 saturated heterocycles. The van der Waals surface area contributed by atoms with Gasteiger partial charge in [0.25, 0.3) is 0 Å². The summed E-state index contributed by atoms with van der Waals surface area (Å²) in [5.74, 6) is -0.565. The second-order valence-corrected chi connectivity index (χ2v) is 3.87. The molecule has 11 heavy (non-hydrogen) atoms. The fraction of sp³-hybridized carbons (Fsp3) is 0.833. The molecule has 0 amide bonds. The van der Waals surface area contributed by atoms with E-state index in [1.54, 1.807) is 0 Å². The lowest BCUT2D eigenvalue weighted by atomic mass is 9.84. The van der Waals surface area contributed by atoms with E-state index in [-0.39, 0.29) is 0 Å². The van der Waals surface area contributed by atoms with Gasteiger partial charge in [-0.15, -0.1) is 0 Å². The van der Waals surface area contributed by atoms with Crippen LogP contribution >= 0.6 is 0 Å². The summed E-state index contributed by atoms with van der Waals surface area (Å²) in [5.41, 5.74) is 0.